The van der Waals surface area contributed by atoms with E-state index >= 15 is 0 Å². The van der Waals surface area contributed by atoms with Gasteiger partial charge in [0.1, 0.15) is 0 Å². The molecule has 1 atom stereocenters. The van der Waals surface area contributed by atoms with Crippen LogP contribution in [0.15, 0.2) is 29.2 Å². The molecular weight excluding hydrogens is 288 g/mol. The first-order chi connectivity index (χ1) is 9.85. The molecule has 0 aromatic heterocycles. The molecule has 0 heterocycles. The summed E-state index contributed by atoms with van der Waals surface area (Å²) in [5, 5.41) is 3.29. The van der Waals surface area contributed by atoms with Crippen molar-refractivity contribution in [1.82, 2.24) is 10.0 Å². The molecule has 0 bridgehead atoms. The second-order valence-electron chi connectivity index (χ2n) is 5.36. The van der Waals surface area contributed by atoms with E-state index in [0.29, 0.717) is 19.3 Å². The largest absolute Gasteiger partial charge is 0.380 e. The molecule has 0 aliphatic heterocycles. The van der Waals surface area contributed by atoms with E-state index in [1.54, 1.807) is 19.1 Å². The molecule has 120 valence electrons. The van der Waals surface area contributed by atoms with Crippen molar-refractivity contribution in [3.63, 3.8) is 0 Å². The molecular formula is C15H26N2O3S. The Morgan fingerprint density at radius 2 is 1.76 bits per heavy atom. The predicted octanol–water partition coefficient (Wildman–Crippen LogP) is 1.89. The molecule has 21 heavy (non-hydrogen) atoms. The van der Waals surface area contributed by atoms with Gasteiger partial charge in [0.15, 0.2) is 0 Å². The van der Waals surface area contributed by atoms with Gasteiger partial charge in [-0.15, -0.1) is 0 Å². The fraction of sp³-hybridized carbons (Fsp3) is 0.600. The summed E-state index contributed by atoms with van der Waals surface area (Å²) in [4.78, 5) is 0.277. The van der Waals surface area contributed by atoms with Crippen molar-refractivity contribution in [3.05, 3.63) is 29.8 Å². The second kappa shape index (κ2) is 8.48. The van der Waals surface area contributed by atoms with Gasteiger partial charge in [0.2, 0.25) is 10.0 Å². The maximum atomic E-state index is 12.2. The minimum Gasteiger partial charge on any atom is -0.380 e. The highest BCUT2D eigenvalue weighted by Gasteiger charge is 2.17. The van der Waals surface area contributed by atoms with Gasteiger partial charge in [-0.2, -0.15) is 0 Å². The summed E-state index contributed by atoms with van der Waals surface area (Å²) in [5.74, 6) is 0. The quantitative estimate of drug-likeness (QED) is 0.730. The zero-order valence-electron chi connectivity index (χ0n) is 13.2. The summed E-state index contributed by atoms with van der Waals surface area (Å²) in [6.07, 6.45) is 0. The Kier molecular flexibility index (Phi) is 7.31. The number of hydrogen-bond donors (Lipinski definition) is 2. The van der Waals surface area contributed by atoms with Crippen LogP contribution >= 0.6 is 0 Å². The maximum absolute atomic E-state index is 12.2. The van der Waals surface area contributed by atoms with Crippen LogP contribution in [0.3, 0.4) is 0 Å². The highest BCUT2D eigenvalue weighted by atomic mass is 32.2. The van der Waals surface area contributed by atoms with Crippen molar-refractivity contribution in [2.24, 2.45) is 0 Å². The summed E-state index contributed by atoms with van der Waals surface area (Å²) in [6.45, 7) is 9.48. The van der Waals surface area contributed by atoms with Gasteiger partial charge in [-0.3, -0.25) is 0 Å². The zero-order chi connectivity index (χ0) is 15.9. The van der Waals surface area contributed by atoms with E-state index in [1.807, 2.05) is 19.1 Å². The van der Waals surface area contributed by atoms with Crippen molar-refractivity contribution < 1.29 is 13.2 Å². The summed E-state index contributed by atoms with van der Waals surface area (Å²) in [6, 6.07) is 7.07. The van der Waals surface area contributed by atoms with Crippen molar-refractivity contribution in [2.45, 2.75) is 51.2 Å². The summed E-state index contributed by atoms with van der Waals surface area (Å²) in [5.41, 5.74) is 1.06. The number of benzene rings is 1. The zero-order valence-corrected chi connectivity index (χ0v) is 14.0. The van der Waals surface area contributed by atoms with E-state index in [2.05, 4.69) is 23.9 Å². The minimum absolute atomic E-state index is 0.253. The first-order valence-electron chi connectivity index (χ1n) is 7.27. The van der Waals surface area contributed by atoms with Gasteiger partial charge in [-0.05, 0) is 31.5 Å². The molecule has 0 radical (unpaired) electrons. The highest BCUT2D eigenvalue weighted by molar-refractivity contribution is 7.89. The van der Waals surface area contributed by atoms with Crippen LogP contribution in [0.4, 0.5) is 0 Å². The standard InChI is InChI=1S/C15H26N2O3S/c1-5-20-11-13(4)17-21(18,19)15-8-6-14(7-9-15)10-16-12(2)3/h6-9,12-13,16-17H,5,10-11H2,1-4H3. The van der Waals surface area contributed by atoms with E-state index in [9.17, 15) is 8.42 Å². The van der Waals surface area contributed by atoms with Crippen LogP contribution < -0.4 is 10.0 Å². The number of ether oxygens (including phenoxy) is 1. The molecule has 0 saturated heterocycles. The van der Waals surface area contributed by atoms with Crippen LogP contribution in [0.1, 0.15) is 33.3 Å². The van der Waals surface area contributed by atoms with Crippen molar-refractivity contribution in [2.75, 3.05) is 13.2 Å². The lowest BCUT2D eigenvalue weighted by Gasteiger charge is -2.14. The second-order valence-corrected chi connectivity index (χ2v) is 7.08. The fourth-order valence-electron chi connectivity index (χ4n) is 1.77. The molecule has 0 saturated carbocycles. The summed E-state index contributed by atoms with van der Waals surface area (Å²) in [7, 11) is -3.49. The lowest BCUT2D eigenvalue weighted by Crippen LogP contribution is -2.35. The van der Waals surface area contributed by atoms with E-state index in [0.717, 1.165) is 12.1 Å². The van der Waals surface area contributed by atoms with Crippen LogP contribution in [-0.2, 0) is 21.3 Å². The monoisotopic (exact) mass is 314 g/mol. The van der Waals surface area contributed by atoms with Gasteiger partial charge in [0.05, 0.1) is 11.5 Å². The van der Waals surface area contributed by atoms with Gasteiger partial charge >= 0.3 is 0 Å². The third-order valence-electron chi connectivity index (χ3n) is 2.88. The molecule has 5 nitrogen and oxygen atoms in total. The van der Waals surface area contributed by atoms with Crippen molar-refractivity contribution >= 4 is 10.0 Å². The van der Waals surface area contributed by atoms with Crippen LogP contribution in [0.5, 0.6) is 0 Å². The van der Waals surface area contributed by atoms with E-state index < -0.39 is 10.0 Å². The molecule has 0 spiro atoms. The minimum atomic E-state index is -3.49. The molecule has 0 fully saturated rings. The molecule has 1 aromatic rings. The van der Waals surface area contributed by atoms with Crippen molar-refractivity contribution in [1.29, 1.82) is 0 Å². The third-order valence-corrected chi connectivity index (χ3v) is 4.48. The van der Waals surface area contributed by atoms with Gasteiger partial charge in [-0.1, -0.05) is 26.0 Å². The van der Waals surface area contributed by atoms with Crippen LogP contribution in [-0.4, -0.2) is 33.7 Å². The maximum Gasteiger partial charge on any atom is 0.240 e. The van der Waals surface area contributed by atoms with Crippen LogP contribution in [0.25, 0.3) is 0 Å². The highest BCUT2D eigenvalue weighted by Crippen LogP contribution is 2.11. The smallest absolute Gasteiger partial charge is 0.240 e. The summed E-state index contributed by atoms with van der Waals surface area (Å²) >= 11 is 0. The molecule has 2 N–H and O–H groups in total. The molecule has 0 aliphatic rings. The number of sulfonamides is 1. The fourth-order valence-corrected chi connectivity index (χ4v) is 3.00. The molecule has 0 aliphatic carbocycles. The van der Waals surface area contributed by atoms with Crippen LogP contribution in [0.2, 0.25) is 0 Å². The van der Waals surface area contributed by atoms with Crippen LogP contribution in [0, 0.1) is 0 Å². The SMILES string of the molecule is CCOCC(C)NS(=O)(=O)c1ccc(CNC(C)C)cc1. The topological polar surface area (TPSA) is 67.4 Å². The average Bonchev–Trinajstić information content (AvgIpc) is 2.43. The Balaban J connectivity index is 2.66. The van der Waals surface area contributed by atoms with Gasteiger partial charge in [0, 0.05) is 25.2 Å². The average molecular weight is 314 g/mol. The molecule has 1 rings (SSSR count). The first kappa shape index (κ1) is 18.1. The molecule has 1 aromatic carbocycles. The number of rotatable bonds is 9. The Bertz CT molecular complexity index is 512. The Morgan fingerprint density at radius 3 is 2.29 bits per heavy atom. The first-order valence-corrected chi connectivity index (χ1v) is 8.76. The molecule has 6 heteroatoms. The van der Waals surface area contributed by atoms with E-state index in [1.165, 1.54) is 0 Å². The molecule has 1 unspecified atom stereocenters. The van der Waals surface area contributed by atoms with Gasteiger partial charge < -0.3 is 10.1 Å². The third kappa shape index (κ3) is 6.56. The Labute approximate surface area is 128 Å². The van der Waals surface area contributed by atoms with Gasteiger partial charge in [0.25, 0.3) is 0 Å². The lowest BCUT2D eigenvalue weighted by molar-refractivity contribution is 0.133. The molecule has 0 amide bonds. The predicted molar refractivity (Wildman–Crippen MR) is 84.7 cm³/mol. The van der Waals surface area contributed by atoms with Crippen molar-refractivity contribution in [3.8, 4) is 0 Å². The van der Waals surface area contributed by atoms with E-state index in [4.69, 9.17) is 4.74 Å². The lowest BCUT2D eigenvalue weighted by atomic mass is 10.2. The van der Waals surface area contributed by atoms with Gasteiger partial charge in [-0.25, -0.2) is 13.1 Å². The van der Waals surface area contributed by atoms with E-state index in [-0.39, 0.29) is 10.9 Å². The number of hydrogen-bond acceptors (Lipinski definition) is 4. The normalized spacial score (nSPS) is 13.6. The Morgan fingerprint density at radius 1 is 1.14 bits per heavy atom. The Hall–Kier alpha value is -0.950. The number of nitrogens with one attached hydrogen (secondary N) is 2. The summed E-state index contributed by atoms with van der Waals surface area (Å²) < 4.78 is 32.2.